The van der Waals surface area contributed by atoms with Gasteiger partial charge in [0.25, 0.3) is 0 Å². The van der Waals surface area contributed by atoms with Crippen molar-refractivity contribution in [3.8, 4) is 11.5 Å². The smallest absolute Gasteiger partial charge is 0.235 e. The molecule has 2 fully saturated rings. The molecular formula is C25H32N2O4. The highest BCUT2D eigenvalue weighted by atomic mass is 16.5. The Kier molecular flexibility index (Phi) is 7.10. The molecule has 0 spiro atoms. The van der Waals surface area contributed by atoms with E-state index in [0.717, 1.165) is 81.3 Å². The fourth-order valence-corrected chi connectivity index (χ4v) is 4.54. The summed E-state index contributed by atoms with van der Waals surface area (Å²) in [6, 6.07) is 15.6. The lowest BCUT2D eigenvalue weighted by Crippen LogP contribution is -2.38. The average molecular weight is 425 g/mol. The standard InChI is InChI=1S/C25H32N2O4/c1-29-22-8-4-20(5-9-22)25(12-2-3-13-25)24(28)26-21-6-10-23(11-7-21)31-19-16-27-14-17-30-18-15-27/h4-11H,2-3,12-19H2,1H3,(H,26,28). The Hall–Kier alpha value is -2.57. The van der Waals surface area contributed by atoms with Crippen LogP contribution in [0.1, 0.15) is 31.2 Å². The highest BCUT2D eigenvalue weighted by molar-refractivity contribution is 5.99. The first-order valence-corrected chi connectivity index (χ1v) is 11.2. The summed E-state index contributed by atoms with van der Waals surface area (Å²) in [7, 11) is 1.66. The zero-order valence-corrected chi connectivity index (χ0v) is 18.3. The molecule has 1 aliphatic carbocycles. The summed E-state index contributed by atoms with van der Waals surface area (Å²) in [5.74, 6) is 1.69. The monoisotopic (exact) mass is 424 g/mol. The van der Waals surface area contributed by atoms with Crippen LogP contribution in [0.4, 0.5) is 5.69 Å². The van der Waals surface area contributed by atoms with Gasteiger partial charge in [0.2, 0.25) is 5.91 Å². The maximum atomic E-state index is 13.3. The summed E-state index contributed by atoms with van der Waals surface area (Å²) in [6.07, 6.45) is 3.87. The molecule has 1 heterocycles. The van der Waals surface area contributed by atoms with Crippen molar-refractivity contribution in [3.63, 3.8) is 0 Å². The van der Waals surface area contributed by atoms with Crippen LogP contribution in [0.25, 0.3) is 0 Å². The first-order chi connectivity index (χ1) is 15.2. The van der Waals surface area contributed by atoms with Gasteiger partial charge in [-0.3, -0.25) is 9.69 Å². The molecule has 4 rings (SSSR count). The van der Waals surface area contributed by atoms with Crippen LogP contribution in [0.5, 0.6) is 11.5 Å². The largest absolute Gasteiger partial charge is 0.497 e. The number of hydrogen-bond acceptors (Lipinski definition) is 5. The van der Waals surface area contributed by atoms with Gasteiger partial charge in [0, 0.05) is 25.3 Å². The number of carbonyl (C=O) groups excluding carboxylic acids is 1. The molecule has 1 saturated heterocycles. The van der Waals surface area contributed by atoms with E-state index in [1.807, 2.05) is 48.5 Å². The number of nitrogens with one attached hydrogen (secondary N) is 1. The van der Waals surface area contributed by atoms with Crippen LogP contribution < -0.4 is 14.8 Å². The van der Waals surface area contributed by atoms with Gasteiger partial charge in [-0.25, -0.2) is 0 Å². The maximum Gasteiger partial charge on any atom is 0.235 e. The Morgan fingerprint density at radius 2 is 1.65 bits per heavy atom. The van der Waals surface area contributed by atoms with E-state index in [0.29, 0.717) is 6.61 Å². The van der Waals surface area contributed by atoms with Crippen molar-refractivity contribution in [1.82, 2.24) is 4.90 Å². The van der Waals surface area contributed by atoms with Crippen molar-refractivity contribution in [1.29, 1.82) is 0 Å². The fourth-order valence-electron chi connectivity index (χ4n) is 4.54. The van der Waals surface area contributed by atoms with Crippen LogP contribution in [0.15, 0.2) is 48.5 Å². The Bertz CT molecular complexity index is 839. The highest BCUT2D eigenvalue weighted by Crippen LogP contribution is 2.42. The molecule has 1 saturated carbocycles. The van der Waals surface area contributed by atoms with Crippen molar-refractivity contribution >= 4 is 11.6 Å². The predicted octanol–water partition coefficient (Wildman–Crippen LogP) is 3.86. The number of benzene rings is 2. The van der Waals surface area contributed by atoms with E-state index in [1.165, 1.54) is 0 Å². The van der Waals surface area contributed by atoms with Gasteiger partial charge in [-0.05, 0) is 54.8 Å². The Labute approximate surface area is 184 Å². The number of morpholine rings is 1. The molecule has 0 atom stereocenters. The number of carbonyl (C=O) groups is 1. The molecule has 166 valence electrons. The summed E-state index contributed by atoms with van der Waals surface area (Å²) in [5.41, 5.74) is 1.39. The second kappa shape index (κ2) is 10.2. The second-order valence-electron chi connectivity index (χ2n) is 8.30. The van der Waals surface area contributed by atoms with Gasteiger partial charge in [-0.2, -0.15) is 0 Å². The SMILES string of the molecule is COc1ccc(C2(C(=O)Nc3ccc(OCCN4CCOCC4)cc3)CCCC2)cc1. The van der Waals surface area contributed by atoms with Crippen molar-refractivity contribution in [3.05, 3.63) is 54.1 Å². The quantitative estimate of drug-likeness (QED) is 0.697. The number of anilines is 1. The number of rotatable bonds is 8. The lowest BCUT2D eigenvalue weighted by atomic mass is 9.78. The van der Waals surface area contributed by atoms with Crippen molar-refractivity contribution in [2.24, 2.45) is 0 Å². The maximum absolute atomic E-state index is 13.3. The Morgan fingerprint density at radius 1 is 1.00 bits per heavy atom. The molecule has 2 aromatic carbocycles. The van der Waals surface area contributed by atoms with Crippen molar-refractivity contribution < 1.29 is 19.0 Å². The van der Waals surface area contributed by atoms with Gasteiger partial charge in [-0.15, -0.1) is 0 Å². The predicted molar refractivity (Wildman–Crippen MR) is 121 cm³/mol. The molecule has 1 amide bonds. The molecule has 31 heavy (non-hydrogen) atoms. The van der Waals surface area contributed by atoms with E-state index >= 15 is 0 Å². The van der Waals surface area contributed by atoms with Crippen LogP contribution in [0.2, 0.25) is 0 Å². The van der Waals surface area contributed by atoms with Gasteiger partial charge < -0.3 is 19.5 Å². The van der Waals surface area contributed by atoms with E-state index in [1.54, 1.807) is 7.11 Å². The number of ether oxygens (including phenoxy) is 3. The topological polar surface area (TPSA) is 60.0 Å². The van der Waals surface area contributed by atoms with Gasteiger partial charge in [-0.1, -0.05) is 25.0 Å². The fraction of sp³-hybridized carbons (Fsp3) is 0.480. The van der Waals surface area contributed by atoms with Crippen LogP contribution in [0.3, 0.4) is 0 Å². The van der Waals surface area contributed by atoms with E-state index in [2.05, 4.69) is 10.2 Å². The van der Waals surface area contributed by atoms with Crippen molar-refractivity contribution in [2.75, 3.05) is 51.9 Å². The van der Waals surface area contributed by atoms with E-state index in [9.17, 15) is 4.79 Å². The van der Waals surface area contributed by atoms with Crippen molar-refractivity contribution in [2.45, 2.75) is 31.1 Å². The molecule has 1 aliphatic heterocycles. The second-order valence-corrected chi connectivity index (χ2v) is 8.30. The Balaban J connectivity index is 1.35. The summed E-state index contributed by atoms with van der Waals surface area (Å²) < 4.78 is 16.5. The van der Waals surface area contributed by atoms with Crippen LogP contribution in [0, 0.1) is 0 Å². The number of hydrogen-bond donors (Lipinski definition) is 1. The van der Waals surface area contributed by atoms with Gasteiger partial charge in [0.1, 0.15) is 18.1 Å². The molecule has 0 bridgehead atoms. The molecule has 0 unspecified atom stereocenters. The lowest BCUT2D eigenvalue weighted by Gasteiger charge is -2.28. The molecule has 0 aromatic heterocycles. The van der Waals surface area contributed by atoms with E-state index < -0.39 is 5.41 Å². The number of amides is 1. The highest BCUT2D eigenvalue weighted by Gasteiger charge is 2.42. The minimum absolute atomic E-state index is 0.0659. The average Bonchev–Trinajstić information content (AvgIpc) is 3.32. The third-order valence-electron chi connectivity index (χ3n) is 6.43. The van der Waals surface area contributed by atoms with Gasteiger partial charge >= 0.3 is 0 Å². The van der Waals surface area contributed by atoms with E-state index in [4.69, 9.17) is 14.2 Å². The summed E-state index contributed by atoms with van der Waals surface area (Å²) in [6.45, 7) is 5.06. The molecule has 2 aromatic rings. The first kappa shape index (κ1) is 21.7. The zero-order chi connectivity index (χ0) is 21.5. The normalized spacial score (nSPS) is 18.5. The third-order valence-corrected chi connectivity index (χ3v) is 6.43. The van der Waals surface area contributed by atoms with Crippen LogP contribution in [-0.4, -0.2) is 57.4 Å². The molecule has 6 heteroatoms. The minimum atomic E-state index is -0.473. The van der Waals surface area contributed by atoms with Gasteiger partial charge in [0.05, 0.1) is 25.7 Å². The third kappa shape index (κ3) is 5.20. The minimum Gasteiger partial charge on any atom is -0.497 e. The number of methoxy groups -OCH3 is 1. The number of nitrogens with zero attached hydrogens (tertiary/aromatic N) is 1. The van der Waals surface area contributed by atoms with Crippen LogP contribution in [-0.2, 0) is 14.9 Å². The first-order valence-electron chi connectivity index (χ1n) is 11.2. The molecule has 6 nitrogen and oxygen atoms in total. The lowest BCUT2D eigenvalue weighted by molar-refractivity contribution is -0.121. The molecule has 2 aliphatic rings. The van der Waals surface area contributed by atoms with Crippen LogP contribution >= 0.6 is 0 Å². The van der Waals surface area contributed by atoms with E-state index in [-0.39, 0.29) is 5.91 Å². The summed E-state index contributed by atoms with van der Waals surface area (Å²) >= 11 is 0. The zero-order valence-electron chi connectivity index (χ0n) is 18.3. The summed E-state index contributed by atoms with van der Waals surface area (Å²) in [4.78, 5) is 15.7. The molecular weight excluding hydrogens is 392 g/mol. The molecule has 1 N–H and O–H groups in total. The van der Waals surface area contributed by atoms with Gasteiger partial charge in [0.15, 0.2) is 0 Å². The summed E-state index contributed by atoms with van der Waals surface area (Å²) in [5, 5.41) is 3.14. The molecule has 0 radical (unpaired) electrons. The Morgan fingerprint density at radius 3 is 2.29 bits per heavy atom.